The van der Waals surface area contributed by atoms with Crippen LogP contribution in [-0.2, 0) is 14.3 Å². The lowest BCUT2D eigenvalue weighted by atomic mass is 10.1. The van der Waals surface area contributed by atoms with E-state index in [0.29, 0.717) is 31.7 Å². The quantitative estimate of drug-likeness (QED) is 0.239. The highest BCUT2D eigenvalue weighted by Crippen LogP contribution is 2.15. The van der Waals surface area contributed by atoms with E-state index in [1.807, 2.05) is 0 Å². The van der Waals surface area contributed by atoms with E-state index in [9.17, 15) is 19.7 Å². The number of amides is 1. The van der Waals surface area contributed by atoms with Gasteiger partial charge in [0.05, 0.1) is 18.0 Å². The summed E-state index contributed by atoms with van der Waals surface area (Å²) < 4.78 is 10.3. The van der Waals surface area contributed by atoms with Gasteiger partial charge >= 0.3 is 5.97 Å². The molecule has 1 aromatic rings. The SMILES string of the molecule is CCCCOCCCN(CC(C)C(=O)OC)C(=O)c1ccc([N+](=O)[O-])cc1. The maximum Gasteiger partial charge on any atom is 0.310 e. The zero-order valence-corrected chi connectivity index (χ0v) is 16.2. The molecule has 1 rings (SSSR count). The molecule has 0 N–H and O–H groups in total. The molecule has 0 fully saturated rings. The van der Waals surface area contributed by atoms with Gasteiger partial charge in [0.2, 0.25) is 0 Å². The van der Waals surface area contributed by atoms with E-state index in [2.05, 4.69) is 6.92 Å². The summed E-state index contributed by atoms with van der Waals surface area (Å²) in [7, 11) is 1.31. The third-order valence-corrected chi connectivity index (χ3v) is 4.07. The Kier molecular flexibility index (Phi) is 10.0. The minimum Gasteiger partial charge on any atom is -0.469 e. The van der Waals surface area contributed by atoms with Crippen molar-refractivity contribution >= 4 is 17.6 Å². The average molecular weight is 380 g/mol. The van der Waals surface area contributed by atoms with Gasteiger partial charge < -0.3 is 14.4 Å². The predicted molar refractivity (Wildman–Crippen MR) is 101 cm³/mol. The lowest BCUT2D eigenvalue weighted by molar-refractivity contribution is -0.384. The molecule has 1 atom stereocenters. The van der Waals surface area contributed by atoms with Crippen molar-refractivity contribution in [2.24, 2.45) is 5.92 Å². The number of ether oxygens (including phenoxy) is 2. The van der Waals surface area contributed by atoms with Crippen molar-refractivity contribution in [2.45, 2.75) is 33.1 Å². The zero-order chi connectivity index (χ0) is 20.2. The molecule has 1 aromatic carbocycles. The Bertz CT molecular complexity index is 617. The maximum atomic E-state index is 12.8. The molecule has 8 nitrogen and oxygen atoms in total. The van der Waals surface area contributed by atoms with Crippen LogP contribution in [-0.4, -0.2) is 55.1 Å². The molecule has 0 spiro atoms. The summed E-state index contributed by atoms with van der Waals surface area (Å²) in [5.41, 5.74) is 0.259. The Balaban J connectivity index is 2.76. The van der Waals surface area contributed by atoms with E-state index in [0.717, 1.165) is 12.8 Å². The number of hydrogen-bond acceptors (Lipinski definition) is 6. The number of rotatable bonds is 12. The number of carbonyl (C=O) groups excluding carboxylic acids is 2. The third-order valence-electron chi connectivity index (χ3n) is 4.07. The van der Waals surface area contributed by atoms with Crippen molar-refractivity contribution < 1.29 is 24.0 Å². The standard InChI is InChI=1S/C19H28N2O6/c1-4-5-12-27-13-6-11-20(14-15(2)19(23)26-3)18(22)16-7-9-17(10-8-16)21(24)25/h7-10,15H,4-6,11-14H2,1-3H3. The normalized spacial score (nSPS) is 11.7. The largest absolute Gasteiger partial charge is 0.469 e. The number of methoxy groups -OCH3 is 1. The van der Waals surface area contributed by atoms with E-state index in [1.165, 1.54) is 31.4 Å². The predicted octanol–water partition coefficient (Wildman–Crippen LogP) is 3.05. The van der Waals surface area contributed by atoms with Crippen LogP contribution in [0.1, 0.15) is 43.5 Å². The molecule has 0 aromatic heterocycles. The Morgan fingerprint density at radius 2 is 1.81 bits per heavy atom. The highest BCUT2D eigenvalue weighted by Gasteiger charge is 2.22. The first-order chi connectivity index (χ1) is 12.9. The summed E-state index contributed by atoms with van der Waals surface area (Å²) in [5, 5.41) is 10.8. The zero-order valence-electron chi connectivity index (χ0n) is 16.2. The summed E-state index contributed by atoms with van der Waals surface area (Å²) in [4.78, 5) is 36.3. The van der Waals surface area contributed by atoms with Crippen LogP contribution in [0.2, 0.25) is 0 Å². The van der Waals surface area contributed by atoms with Gasteiger partial charge in [0.25, 0.3) is 11.6 Å². The number of nitro benzene ring substituents is 1. The van der Waals surface area contributed by atoms with Gasteiger partial charge in [0.15, 0.2) is 0 Å². The molecule has 0 aliphatic rings. The lowest BCUT2D eigenvalue weighted by Gasteiger charge is -2.25. The molecule has 0 radical (unpaired) electrons. The number of nitro groups is 1. The third kappa shape index (κ3) is 7.74. The van der Waals surface area contributed by atoms with Crippen LogP contribution in [0.3, 0.4) is 0 Å². The van der Waals surface area contributed by atoms with Crippen LogP contribution in [0.25, 0.3) is 0 Å². The lowest BCUT2D eigenvalue weighted by Crippen LogP contribution is -2.38. The van der Waals surface area contributed by atoms with E-state index in [4.69, 9.17) is 9.47 Å². The first kappa shape index (κ1) is 22.6. The van der Waals surface area contributed by atoms with Crippen LogP contribution >= 0.6 is 0 Å². The number of hydrogen-bond donors (Lipinski definition) is 0. The van der Waals surface area contributed by atoms with Crippen LogP contribution in [0.4, 0.5) is 5.69 Å². The van der Waals surface area contributed by atoms with E-state index in [1.54, 1.807) is 11.8 Å². The van der Waals surface area contributed by atoms with Crippen molar-refractivity contribution in [3.05, 3.63) is 39.9 Å². The van der Waals surface area contributed by atoms with Gasteiger partial charge in [-0.1, -0.05) is 20.3 Å². The maximum absolute atomic E-state index is 12.8. The number of unbranched alkanes of at least 4 members (excludes halogenated alkanes) is 1. The Morgan fingerprint density at radius 3 is 2.37 bits per heavy atom. The summed E-state index contributed by atoms with van der Waals surface area (Å²) in [6.07, 6.45) is 2.68. The summed E-state index contributed by atoms with van der Waals surface area (Å²) in [6, 6.07) is 5.44. The smallest absolute Gasteiger partial charge is 0.310 e. The Hall–Kier alpha value is -2.48. The number of non-ortho nitro benzene ring substituents is 1. The Labute approximate surface area is 159 Å². The molecule has 0 heterocycles. The first-order valence-electron chi connectivity index (χ1n) is 9.10. The van der Waals surface area contributed by atoms with Gasteiger partial charge in [-0.15, -0.1) is 0 Å². The van der Waals surface area contributed by atoms with Gasteiger partial charge in [-0.2, -0.15) is 0 Å². The summed E-state index contributed by atoms with van der Waals surface area (Å²) >= 11 is 0. The molecule has 0 saturated heterocycles. The van der Waals surface area contributed by atoms with Crippen molar-refractivity contribution in [3.63, 3.8) is 0 Å². The minimum absolute atomic E-state index is 0.0784. The van der Waals surface area contributed by atoms with Crippen molar-refractivity contribution in [1.29, 1.82) is 0 Å². The van der Waals surface area contributed by atoms with Crippen LogP contribution in [0, 0.1) is 16.0 Å². The topological polar surface area (TPSA) is 99.0 Å². The molecule has 0 aliphatic heterocycles. The second kappa shape index (κ2) is 12.0. The summed E-state index contributed by atoms with van der Waals surface area (Å²) in [6.45, 7) is 5.62. The van der Waals surface area contributed by atoms with Gasteiger partial charge in [-0.25, -0.2) is 0 Å². The van der Waals surface area contributed by atoms with Gasteiger partial charge in [-0.3, -0.25) is 19.7 Å². The number of carbonyl (C=O) groups is 2. The molecule has 8 heteroatoms. The van der Waals surface area contributed by atoms with Crippen molar-refractivity contribution in [1.82, 2.24) is 4.90 Å². The van der Waals surface area contributed by atoms with Crippen LogP contribution < -0.4 is 0 Å². The van der Waals surface area contributed by atoms with E-state index >= 15 is 0 Å². The second-order valence-electron chi connectivity index (χ2n) is 6.30. The molecule has 1 amide bonds. The first-order valence-corrected chi connectivity index (χ1v) is 9.10. The number of nitrogens with zero attached hydrogens (tertiary/aromatic N) is 2. The molecule has 0 saturated carbocycles. The van der Waals surface area contributed by atoms with Crippen molar-refractivity contribution in [3.8, 4) is 0 Å². The van der Waals surface area contributed by atoms with Crippen molar-refractivity contribution in [2.75, 3.05) is 33.4 Å². The van der Waals surface area contributed by atoms with Gasteiger partial charge in [-0.05, 0) is 25.0 Å². The number of esters is 1. The van der Waals surface area contributed by atoms with E-state index in [-0.39, 0.29) is 18.1 Å². The minimum atomic E-state index is -0.515. The average Bonchev–Trinajstić information content (AvgIpc) is 2.68. The fourth-order valence-electron chi connectivity index (χ4n) is 2.50. The molecular weight excluding hydrogens is 352 g/mol. The van der Waals surface area contributed by atoms with E-state index < -0.39 is 16.8 Å². The molecule has 27 heavy (non-hydrogen) atoms. The Morgan fingerprint density at radius 1 is 1.19 bits per heavy atom. The monoisotopic (exact) mass is 380 g/mol. The molecular formula is C19H28N2O6. The number of benzene rings is 1. The van der Waals surface area contributed by atoms with Gasteiger partial charge in [0.1, 0.15) is 0 Å². The molecule has 0 bridgehead atoms. The van der Waals surface area contributed by atoms with Crippen LogP contribution in [0.5, 0.6) is 0 Å². The fraction of sp³-hybridized carbons (Fsp3) is 0.579. The van der Waals surface area contributed by atoms with Gasteiger partial charge in [0, 0.05) is 44.0 Å². The molecule has 1 unspecified atom stereocenters. The molecule has 150 valence electrons. The second-order valence-corrected chi connectivity index (χ2v) is 6.30. The highest BCUT2D eigenvalue weighted by atomic mass is 16.6. The fourth-order valence-corrected chi connectivity index (χ4v) is 2.50. The summed E-state index contributed by atoms with van der Waals surface area (Å²) in [5.74, 6) is -1.15. The van der Waals surface area contributed by atoms with Crippen LogP contribution in [0.15, 0.2) is 24.3 Å². The molecule has 0 aliphatic carbocycles. The highest BCUT2D eigenvalue weighted by molar-refractivity contribution is 5.94.